The van der Waals surface area contributed by atoms with Crippen molar-refractivity contribution < 1.29 is 9.84 Å². The maximum Gasteiger partial charge on any atom is 0.0885 e. The van der Waals surface area contributed by atoms with Gasteiger partial charge in [0.25, 0.3) is 0 Å². The fourth-order valence-corrected chi connectivity index (χ4v) is 0.892. The highest BCUT2D eigenvalue weighted by Crippen LogP contribution is 2.34. The molecule has 1 aliphatic rings. The summed E-state index contributed by atoms with van der Waals surface area (Å²) in [5.41, 5.74) is 0.0278. The summed E-state index contributed by atoms with van der Waals surface area (Å²) in [5.74, 6) is 0. The molecule has 0 saturated carbocycles. The average Bonchev–Trinajstić information content (AvgIpc) is 2.68. The third-order valence-electron chi connectivity index (χ3n) is 2.28. The Labute approximate surface area is 55.8 Å². The van der Waals surface area contributed by atoms with Gasteiger partial charge in [0.15, 0.2) is 0 Å². The average molecular weight is 130 g/mol. The van der Waals surface area contributed by atoms with Gasteiger partial charge < -0.3 is 9.84 Å². The maximum atomic E-state index is 8.92. The fraction of sp³-hybridized carbons (Fsp3) is 1.00. The topological polar surface area (TPSA) is 32.8 Å². The van der Waals surface area contributed by atoms with Gasteiger partial charge in [-0.1, -0.05) is 13.8 Å². The lowest BCUT2D eigenvalue weighted by Crippen LogP contribution is -2.26. The molecule has 0 amide bonds. The second-order valence-electron chi connectivity index (χ2n) is 2.99. The van der Waals surface area contributed by atoms with Gasteiger partial charge in [0, 0.05) is 5.41 Å². The Morgan fingerprint density at radius 2 is 2.33 bits per heavy atom. The van der Waals surface area contributed by atoms with E-state index in [0.717, 1.165) is 13.0 Å². The van der Waals surface area contributed by atoms with Crippen LogP contribution in [-0.4, -0.2) is 24.4 Å². The number of ether oxygens (including phenoxy) is 1. The smallest absolute Gasteiger partial charge is 0.0885 e. The van der Waals surface area contributed by atoms with Crippen LogP contribution in [0, 0.1) is 5.41 Å². The van der Waals surface area contributed by atoms with E-state index in [2.05, 4.69) is 13.8 Å². The third-order valence-corrected chi connectivity index (χ3v) is 2.28. The van der Waals surface area contributed by atoms with Gasteiger partial charge in [-0.15, -0.1) is 0 Å². The van der Waals surface area contributed by atoms with E-state index in [-0.39, 0.29) is 12.0 Å². The molecular weight excluding hydrogens is 116 g/mol. The molecule has 0 aromatic rings. The molecule has 0 bridgehead atoms. The van der Waals surface area contributed by atoms with Crippen molar-refractivity contribution in [3.63, 3.8) is 0 Å². The molecule has 0 spiro atoms. The summed E-state index contributed by atoms with van der Waals surface area (Å²) in [6, 6.07) is 0. The van der Waals surface area contributed by atoms with Crippen molar-refractivity contribution in [2.24, 2.45) is 5.41 Å². The van der Waals surface area contributed by atoms with E-state index in [1.807, 2.05) is 0 Å². The van der Waals surface area contributed by atoms with Crippen molar-refractivity contribution >= 4 is 0 Å². The minimum Gasteiger partial charge on any atom is -0.396 e. The Hall–Kier alpha value is -0.0800. The summed E-state index contributed by atoms with van der Waals surface area (Å²) in [6.07, 6.45) is 1.32. The van der Waals surface area contributed by atoms with Crippen LogP contribution in [0.5, 0.6) is 0 Å². The van der Waals surface area contributed by atoms with Gasteiger partial charge >= 0.3 is 0 Å². The minimum absolute atomic E-state index is 0.0278. The molecule has 0 radical (unpaired) electrons. The van der Waals surface area contributed by atoms with E-state index in [1.54, 1.807) is 0 Å². The van der Waals surface area contributed by atoms with Crippen LogP contribution in [0.3, 0.4) is 0 Å². The molecule has 2 nitrogen and oxygen atoms in total. The van der Waals surface area contributed by atoms with E-state index in [1.165, 1.54) is 0 Å². The molecular formula is C7H14O2. The summed E-state index contributed by atoms with van der Waals surface area (Å²) >= 11 is 0. The predicted octanol–water partition coefficient (Wildman–Crippen LogP) is 0.794. The zero-order valence-corrected chi connectivity index (χ0v) is 6.05. The van der Waals surface area contributed by atoms with Gasteiger partial charge in [-0.2, -0.15) is 0 Å². The van der Waals surface area contributed by atoms with Gasteiger partial charge in [0.1, 0.15) is 0 Å². The summed E-state index contributed by atoms with van der Waals surface area (Å²) in [5, 5.41) is 8.92. The molecule has 9 heavy (non-hydrogen) atoms. The zero-order valence-electron chi connectivity index (χ0n) is 6.05. The van der Waals surface area contributed by atoms with Gasteiger partial charge in [0.05, 0.1) is 19.3 Å². The highest BCUT2D eigenvalue weighted by atomic mass is 16.6. The van der Waals surface area contributed by atoms with Crippen LogP contribution in [0.15, 0.2) is 0 Å². The van der Waals surface area contributed by atoms with Gasteiger partial charge in [-0.25, -0.2) is 0 Å². The van der Waals surface area contributed by atoms with Crippen molar-refractivity contribution in [2.75, 3.05) is 13.2 Å². The second kappa shape index (κ2) is 2.27. The molecule has 54 valence electrons. The second-order valence-corrected chi connectivity index (χ2v) is 2.99. The number of aliphatic hydroxyl groups is 1. The fourth-order valence-electron chi connectivity index (χ4n) is 0.892. The van der Waals surface area contributed by atoms with Crippen molar-refractivity contribution in [1.82, 2.24) is 0 Å². The highest BCUT2D eigenvalue weighted by Gasteiger charge is 2.41. The lowest BCUT2D eigenvalue weighted by Gasteiger charge is -2.22. The lowest BCUT2D eigenvalue weighted by molar-refractivity contribution is 0.103. The quantitative estimate of drug-likeness (QED) is 0.573. The molecule has 2 unspecified atom stereocenters. The third kappa shape index (κ3) is 1.25. The van der Waals surface area contributed by atoms with Crippen LogP contribution in [0.4, 0.5) is 0 Å². The van der Waals surface area contributed by atoms with Crippen LogP contribution >= 0.6 is 0 Å². The van der Waals surface area contributed by atoms with Gasteiger partial charge in [0.2, 0.25) is 0 Å². The monoisotopic (exact) mass is 130 g/mol. The molecule has 2 atom stereocenters. The van der Waals surface area contributed by atoms with Crippen molar-refractivity contribution in [2.45, 2.75) is 26.4 Å². The number of rotatable bonds is 3. The van der Waals surface area contributed by atoms with Crippen LogP contribution < -0.4 is 0 Å². The predicted molar refractivity (Wildman–Crippen MR) is 35.2 cm³/mol. The molecule has 0 aromatic carbocycles. The van der Waals surface area contributed by atoms with Gasteiger partial charge in [-0.05, 0) is 6.42 Å². The van der Waals surface area contributed by atoms with E-state index in [0.29, 0.717) is 6.10 Å². The number of aliphatic hydroxyl groups excluding tert-OH is 1. The van der Waals surface area contributed by atoms with E-state index in [9.17, 15) is 0 Å². The number of hydrogen-bond donors (Lipinski definition) is 1. The van der Waals surface area contributed by atoms with Gasteiger partial charge in [-0.3, -0.25) is 0 Å². The molecule has 1 heterocycles. The number of epoxide rings is 1. The largest absolute Gasteiger partial charge is 0.396 e. The Balaban J connectivity index is 2.43. The summed E-state index contributed by atoms with van der Waals surface area (Å²) in [4.78, 5) is 0. The summed E-state index contributed by atoms with van der Waals surface area (Å²) in [6.45, 7) is 5.22. The molecule has 2 heteroatoms. The summed E-state index contributed by atoms with van der Waals surface area (Å²) in [7, 11) is 0. The zero-order chi connectivity index (χ0) is 6.91. The van der Waals surface area contributed by atoms with E-state index < -0.39 is 0 Å². The Morgan fingerprint density at radius 3 is 2.44 bits per heavy atom. The molecule has 0 aromatic heterocycles. The molecule has 1 fully saturated rings. The van der Waals surface area contributed by atoms with E-state index in [4.69, 9.17) is 9.84 Å². The Kier molecular flexibility index (Phi) is 1.78. The highest BCUT2D eigenvalue weighted by molar-refractivity contribution is 4.88. The number of hydrogen-bond acceptors (Lipinski definition) is 2. The van der Waals surface area contributed by atoms with Crippen LogP contribution in [-0.2, 0) is 4.74 Å². The summed E-state index contributed by atoms with van der Waals surface area (Å²) < 4.78 is 5.10. The first kappa shape index (κ1) is 7.03. The normalized spacial score (nSPS) is 31.7. The Morgan fingerprint density at radius 1 is 1.78 bits per heavy atom. The van der Waals surface area contributed by atoms with Crippen LogP contribution in [0.25, 0.3) is 0 Å². The SMILES string of the molecule is CCC(C)(CO)C1CO1. The van der Waals surface area contributed by atoms with Crippen molar-refractivity contribution in [1.29, 1.82) is 0 Å². The first-order chi connectivity index (χ1) is 4.23. The maximum absolute atomic E-state index is 8.92. The first-order valence-electron chi connectivity index (χ1n) is 3.45. The first-order valence-corrected chi connectivity index (χ1v) is 3.45. The van der Waals surface area contributed by atoms with Crippen molar-refractivity contribution in [3.05, 3.63) is 0 Å². The molecule has 1 rings (SSSR count). The van der Waals surface area contributed by atoms with Crippen molar-refractivity contribution in [3.8, 4) is 0 Å². The lowest BCUT2D eigenvalue weighted by atomic mass is 9.85. The molecule has 1 aliphatic heterocycles. The Bertz CT molecular complexity index is 93.1. The van der Waals surface area contributed by atoms with E-state index >= 15 is 0 Å². The van der Waals surface area contributed by atoms with Crippen LogP contribution in [0.1, 0.15) is 20.3 Å². The van der Waals surface area contributed by atoms with Crippen LogP contribution in [0.2, 0.25) is 0 Å². The molecule has 0 aliphatic carbocycles. The molecule has 1 saturated heterocycles. The minimum atomic E-state index is 0.0278. The standard InChI is InChI=1S/C7H14O2/c1-3-7(2,5-8)6-4-9-6/h6,8H,3-5H2,1-2H3. The molecule has 1 N–H and O–H groups in total.